The minimum absolute atomic E-state index is 0.299. The van der Waals surface area contributed by atoms with Crippen molar-refractivity contribution in [3.63, 3.8) is 0 Å². The first-order valence-electron chi connectivity index (χ1n) is 6.67. The van der Waals surface area contributed by atoms with Gasteiger partial charge < -0.3 is 15.1 Å². The third kappa shape index (κ3) is 2.69. The Kier molecular flexibility index (Phi) is 3.51. The largest absolute Gasteiger partial charge is 0.351 e. The lowest BCUT2D eigenvalue weighted by Crippen LogP contribution is -2.29. The summed E-state index contributed by atoms with van der Waals surface area (Å²) in [7, 11) is 0. The van der Waals surface area contributed by atoms with Gasteiger partial charge in [0.25, 0.3) is 5.91 Å². The van der Waals surface area contributed by atoms with Crippen molar-refractivity contribution in [1.29, 1.82) is 0 Å². The molecular formula is C17H14N2O2. The van der Waals surface area contributed by atoms with Gasteiger partial charge in [-0.25, -0.2) is 0 Å². The monoisotopic (exact) mass is 278 g/mol. The molecular weight excluding hydrogens is 264 g/mol. The van der Waals surface area contributed by atoms with E-state index in [1.807, 2.05) is 54.6 Å². The topological polar surface area (TPSA) is 62.0 Å². The Hall–Kier alpha value is -2.88. The van der Waals surface area contributed by atoms with Crippen LogP contribution in [0.1, 0.15) is 22.1 Å². The SMILES string of the molecule is O=CC(NC(=O)c1cc2ccccc2[nH]1)c1ccccc1. The predicted molar refractivity (Wildman–Crippen MR) is 81.0 cm³/mol. The summed E-state index contributed by atoms with van der Waals surface area (Å²) in [6, 6.07) is 17.9. The molecule has 21 heavy (non-hydrogen) atoms. The Morgan fingerprint density at radius 1 is 1.05 bits per heavy atom. The number of H-pyrrole nitrogens is 1. The van der Waals surface area contributed by atoms with E-state index in [0.717, 1.165) is 22.8 Å². The number of hydrogen-bond acceptors (Lipinski definition) is 2. The minimum atomic E-state index is -0.648. The first-order chi connectivity index (χ1) is 10.3. The molecule has 1 unspecified atom stereocenters. The second-order valence-corrected chi connectivity index (χ2v) is 4.77. The van der Waals surface area contributed by atoms with Crippen molar-refractivity contribution in [2.24, 2.45) is 0 Å². The van der Waals surface area contributed by atoms with Crippen molar-refractivity contribution in [1.82, 2.24) is 10.3 Å². The summed E-state index contributed by atoms with van der Waals surface area (Å²) in [6.07, 6.45) is 0.732. The molecule has 0 aliphatic heterocycles. The van der Waals surface area contributed by atoms with Crippen LogP contribution in [-0.4, -0.2) is 17.2 Å². The Labute approximate surface area is 121 Å². The molecule has 2 N–H and O–H groups in total. The second-order valence-electron chi connectivity index (χ2n) is 4.77. The fourth-order valence-electron chi connectivity index (χ4n) is 2.27. The Morgan fingerprint density at radius 2 is 1.76 bits per heavy atom. The van der Waals surface area contributed by atoms with Gasteiger partial charge in [-0.2, -0.15) is 0 Å². The molecule has 104 valence electrons. The Bertz CT molecular complexity index is 745. The smallest absolute Gasteiger partial charge is 0.268 e. The lowest BCUT2D eigenvalue weighted by molar-refractivity contribution is -0.109. The standard InChI is InChI=1S/C17H14N2O2/c20-11-16(12-6-2-1-3-7-12)19-17(21)15-10-13-8-4-5-9-14(13)18-15/h1-11,16,18H,(H,19,21). The molecule has 4 nitrogen and oxygen atoms in total. The number of aldehydes is 1. The van der Waals surface area contributed by atoms with Crippen molar-refractivity contribution >= 4 is 23.1 Å². The number of amides is 1. The number of nitrogens with one attached hydrogen (secondary N) is 2. The van der Waals surface area contributed by atoms with Crippen LogP contribution < -0.4 is 5.32 Å². The van der Waals surface area contributed by atoms with Crippen LogP contribution in [0.5, 0.6) is 0 Å². The van der Waals surface area contributed by atoms with Gasteiger partial charge in [-0.3, -0.25) is 4.79 Å². The first-order valence-corrected chi connectivity index (χ1v) is 6.67. The quantitative estimate of drug-likeness (QED) is 0.721. The van der Waals surface area contributed by atoms with E-state index in [9.17, 15) is 9.59 Å². The van der Waals surface area contributed by atoms with Crippen molar-refractivity contribution in [2.75, 3.05) is 0 Å². The summed E-state index contributed by atoms with van der Waals surface area (Å²) in [5, 5.41) is 3.68. The highest BCUT2D eigenvalue weighted by Crippen LogP contribution is 2.16. The summed E-state index contributed by atoms with van der Waals surface area (Å²) in [4.78, 5) is 26.5. The zero-order valence-electron chi connectivity index (χ0n) is 11.2. The van der Waals surface area contributed by atoms with E-state index in [1.165, 1.54) is 0 Å². The number of carbonyl (C=O) groups excluding carboxylic acids is 2. The molecule has 1 aromatic heterocycles. The van der Waals surface area contributed by atoms with Gasteiger partial charge in [-0.1, -0.05) is 48.5 Å². The maximum absolute atomic E-state index is 12.3. The molecule has 0 saturated carbocycles. The van der Waals surface area contributed by atoms with Crippen LogP contribution >= 0.6 is 0 Å². The van der Waals surface area contributed by atoms with Gasteiger partial charge in [0.2, 0.25) is 0 Å². The molecule has 0 aliphatic carbocycles. The lowest BCUT2D eigenvalue weighted by Gasteiger charge is -2.12. The van der Waals surface area contributed by atoms with Gasteiger partial charge in [0.1, 0.15) is 18.0 Å². The van der Waals surface area contributed by atoms with Crippen LogP contribution in [-0.2, 0) is 4.79 Å². The number of aromatic amines is 1. The van der Waals surface area contributed by atoms with Crippen LogP contribution in [0, 0.1) is 0 Å². The third-order valence-electron chi connectivity index (χ3n) is 3.36. The first kappa shape index (κ1) is 13.1. The highest BCUT2D eigenvalue weighted by atomic mass is 16.2. The normalized spacial score (nSPS) is 12.0. The lowest BCUT2D eigenvalue weighted by atomic mass is 10.1. The average Bonchev–Trinajstić information content (AvgIpc) is 2.97. The van der Waals surface area contributed by atoms with Crippen LogP contribution in [0.2, 0.25) is 0 Å². The van der Waals surface area contributed by atoms with Crippen molar-refractivity contribution < 1.29 is 9.59 Å². The van der Waals surface area contributed by atoms with Crippen molar-refractivity contribution in [3.8, 4) is 0 Å². The third-order valence-corrected chi connectivity index (χ3v) is 3.36. The van der Waals surface area contributed by atoms with Gasteiger partial charge in [0.15, 0.2) is 0 Å². The number of hydrogen-bond donors (Lipinski definition) is 2. The van der Waals surface area contributed by atoms with Crippen LogP contribution in [0.3, 0.4) is 0 Å². The number of benzene rings is 2. The Balaban J connectivity index is 1.83. The average molecular weight is 278 g/mol. The van der Waals surface area contributed by atoms with Gasteiger partial charge in [-0.15, -0.1) is 0 Å². The van der Waals surface area contributed by atoms with E-state index in [4.69, 9.17) is 0 Å². The number of fused-ring (bicyclic) bond motifs is 1. The molecule has 0 bridgehead atoms. The fourth-order valence-corrected chi connectivity index (χ4v) is 2.27. The highest BCUT2D eigenvalue weighted by molar-refractivity contribution is 5.99. The summed E-state index contributed by atoms with van der Waals surface area (Å²) in [6.45, 7) is 0. The van der Waals surface area contributed by atoms with E-state index < -0.39 is 6.04 Å². The predicted octanol–water partition coefficient (Wildman–Crippen LogP) is 2.84. The van der Waals surface area contributed by atoms with Gasteiger partial charge in [0, 0.05) is 10.9 Å². The second kappa shape index (κ2) is 5.63. The maximum Gasteiger partial charge on any atom is 0.268 e. The van der Waals surface area contributed by atoms with E-state index >= 15 is 0 Å². The molecule has 2 aromatic carbocycles. The molecule has 3 rings (SSSR count). The summed E-state index contributed by atoms with van der Waals surface area (Å²) >= 11 is 0. The summed E-state index contributed by atoms with van der Waals surface area (Å²) in [5.74, 6) is -0.299. The molecule has 1 amide bonds. The van der Waals surface area contributed by atoms with E-state index in [-0.39, 0.29) is 5.91 Å². The van der Waals surface area contributed by atoms with Crippen LogP contribution in [0.4, 0.5) is 0 Å². The summed E-state index contributed by atoms with van der Waals surface area (Å²) < 4.78 is 0. The summed E-state index contributed by atoms with van der Waals surface area (Å²) in [5.41, 5.74) is 2.10. The van der Waals surface area contributed by atoms with Crippen LogP contribution in [0.25, 0.3) is 10.9 Å². The minimum Gasteiger partial charge on any atom is -0.351 e. The van der Waals surface area contributed by atoms with Gasteiger partial charge in [0.05, 0.1) is 0 Å². The number of rotatable bonds is 4. The molecule has 4 heteroatoms. The molecule has 0 aliphatic rings. The maximum atomic E-state index is 12.3. The molecule has 1 heterocycles. The molecule has 0 fully saturated rings. The van der Waals surface area contributed by atoms with Crippen LogP contribution in [0.15, 0.2) is 60.7 Å². The van der Waals surface area contributed by atoms with E-state index in [2.05, 4.69) is 10.3 Å². The molecule has 1 atom stereocenters. The molecule has 0 radical (unpaired) electrons. The molecule has 0 spiro atoms. The number of para-hydroxylation sites is 1. The van der Waals surface area contributed by atoms with E-state index in [1.54, 1.807) is 6.07 Å². The number of carbonyl (C=O) groups is 2. The van der Waals surface area contributed by atoms with E-state index in [0.29, 0.717) is 5.69 Å². The van der Waals surface area contributed by atoms with Gasteiger partial charge in [-0.05, 0) is 17.7 Å². The zero-order valence-corrected chi connectivity index (χ0v) is 11.2. The van der Waals surface area contributed by atoms with Crippen molar-refractivity contribution in [2.45, 2.75) is 6.04 Å². The fraction of sp³-hybridized carbons (Fsp3) is 0.0588. The van der Waals surface area contributed by atoms with Gasteiger partial charge >= 0.3 is 0 Å². The highest BCUT2D eigenvalue weighted by Gasteiger charge is 2.16. The number of aromatic nitrogens is 1. The Morgan fingerprint density at radius 3 is 2.48 bits per heavy atom. The van der Waals surface area contributed by atoms with Crippen molar-refractivity contribution in [3.05, 3.63) is 71.9 Å². The zero-order chi connectivity index (χ0) is 14.7. The molecule has 0 saturated heterocycles. The molecule has 3 aromatic rings.